The number of thioether (sulfide) groups is 1. The van der Waals surface area contributed by atoms with E-state index in [1.807, 2.05) is 31.2 Å². The van der Waals surface area contributed by atoms with Gasteiger partial charge in [-0.1, -0.05) is 43.7 Å². The molecule has 2 aromatic rings. The zero-order valence-corrected chi connectivity index (χ0v) is 22.3. The maximum atomic E-state index is 13.8. The zero-order valence-electron chi connectivity index (χ0n) is 21.5. The number of ether oxygens (including phenoxy) is 1. The van der Waals surface area contributed by atoms with E-state index in [0.717, 1.165) is 34.1 Å². The van der Waals surface area contributed by atoms with Crippen LogP contribution in [0.25, 0.3) is 11.1 Å². The molecule has 0 aromatic heterocycles. The van der Waals surface area contributed by atoms with Crippen molar-refractivity contribution >= 4 is 23.4 Å². The van der Waals surface area contributed by atoms with Crippen molar-refractivity contribution in [2.75, 3.05) is 42.8 Å². The summed E-state index contributed by atoms with van der Waals surface area (Å²) in [5.74, 6) is 1.55. The average molecular weight is 545 g/mol. The average Bonchev–Trinajstić information content (AvgIpc) is 3.16. The van der Waals surface area contributed by atoms with Crippen LogP contribution in [0, 0.1) is 11.3 Å². The molecule has 6 nitrogen and oxygen atoms in total. The Morgan fingerprint density at radius 3 is 2.45 bits per heavy atom. The predicted octanol–water partition coefficient (Wildman–Crippen LogP) is 5.82. The summed E-state index contributed by atoms with van der Waals surface area (Å²) in [7, 11) is 0. The van der Waals surface area contributed by atoms with Gasteiger partial charge in [0.1, 0.15) is 6.54 Å². The van der Waals surface area contributed by atoms with Gasteiger partial charge < -0.3 is 9.64 Å². The van der Waals surface area contributed by atoms with Crippen LogP contribution >= 0.6 is 11.8 Å². The lowest BCUT2D eigenvalue weighted by Gasteiger charge is -2.37. The Bertz CT molecular complexity index is 1200. The number of hydrazine groups is 1. The minimum atomic E-state index is -4.49. The Morgan fingerprint density at radius 1 is 1.13 bits per heavy atom. The van der Waals surface area contributed by atoms with E-state index in [9.17, 15) is 23.2 Å². The lowest BCUT2D eigenvalue weighted by molar-refractivity contribution is -0.149. The molecule has 0 aliphatic carbocycles. The SMILES string of the molecule is CCCC1C(C)=C(OCC(=O)N2CCSCC2)N(CC(F)(F)F)N1c1ccc(-c2ccccc2C#N)cc1. The summed E-state index contributed by atoms with van der Waals surface area (Å²) in [5.41, 5.74) is 3.31. The van der Waals surface area contributed by atoms with Crippen molar-refractivity contribution in [1.29, 1.82) is 5.26 Å². The first-order valence-electron chi connectivity index (χ1n) is 12.7. The van der Waals surface area contributed by atoms with E-state index in [-0.39, 0.29) is 24.4 Å². The molecule has 202 valence electrons. The lowest BCUT2D eigenvalue weighted by Crippen LogP contribution is -2.47. The summed E-state index contributed by atoms with van der Waals surface area (Å²) < 4.78 is 47.3. The molecule has 38 heavy (non-hydrogen) atoms. The Balaban J connectivity index is 1.64. The Labute approximate surface area is 225 Å². The van der Waals surface area contributed by atoms with Gasteiger partial charge in [-0.15, -0.1) is 0 Å². The van der Waals surface area contributed by atoms with Crippen LogP contribution in [0.15, 0.2) is 60.0 Å². The molecule has 2 aliphatic rings. The first-order chi connectivity index (χ1) is 18.2. The van der Waals surface area contributed by atoms with Gasteiger partial charge in [0.05, 0.1) is 23.4 Å². The molecule has 0 saturated carbocycles. The molecular formula is C28H31F3N4O2S. The largest absolute Gasteiger partial charge is 0.468 e. The van der Waals surface area contributed by atoms with Gasteiger partial charge in [0.25, 0.3) is 5.91 Å². The molecule has 0 bridgehead atoms. The number of benzene rings is 2. The van der Waals surface area contributed by atoms with Crippen LogP contribution in [0.2, 0.25) is 0 Å². The molecule has 1 unspecified atom stereocenters. The normalized spacial score (nSPS) is 18.1. The number of nitrogens with zero attached hydrogens (tertiary/aromatic N) is 4. The van der Waals surface area contributed by atoms with Gasteiger partial charge in [-0.2, -0.15) is 30.2 Å². The second-order valence-corrected chi connectivity index (χ2v) is 10.5. The van der Waals surface area contributed by atoms with Crippen molar-refractivity contribution in [3.05, 3.63) is 65.6 Å². The molecule has 1 fully saturated rings. The highest BCUT2D eigenvalue weighted by Crippen LogP contribution is 2.39. The van der Waals surface area contributed by atoms with Gasteiger partial charge in [0, 0.05) is 30.2 Å². The molecule has 2 aliphatic heterocycles. The summed E-state index contributed by atoms with van der Waals surface area (Å²) in [6, 6.07) is 16.2. The maximum Gasteiger partial charge on any atom is 0.408 e. The molecule has 1 saturated heterocycles. The first-order valence-corrected chi connectivity index (χ1v) is 13.8. The minimum Gasteiger partial charge on any atom is -0.468 e. The molecular weight excluding hydrogens is 513 g/mol. The van der Waals surface area contributed by atoms with Crippen molar-refractivity contribution < 1.29 is 22.7 Å². The molecule has 0 radical (unpaired) electrons. The molecule has 2 aromatic carbocycles. The first kappa shape index (κ1) is 27.7. The Hall–Kier alpha value is -3.32. The maximum absolute atomic E-state index is 13.8. The lowest BCUT2D eigenvalue weighted by atomic mass is 9.99. The van der Waals surface area contributed by atoms with E-state index in [1.165, 1.54) is 0 Å². The standard InChI is InChI=1S/C28H31F3N4O2S/c1-3-6-25-20(2)27(37-18-26(36)33-13-15-38-16-14-33)34(19-28(29,30)31)35(25)23-11-9-21(10-12-23)24-8-5-4-7-22(24)17-32/h4-5,7-12,25H,3,6,13-16,18-19H2,1-2H3. The number of hydrogen-bond donors (Lipinski definition) is 0. The van der Waals surface area contributed by atoms with Gasteiger partial charge in [0.2, 0.25) is 5.88 Å². The summed E-state index contributed by atoms with van der Waals surface area (Å²) in [5, 5.41) is 12.2. The highest BCUT2D eigenvalue weighted by Gasteiger charge is 2.44. The molecule has 1 atom stereocenters. The van der Waals surface area contributed by atoms with Gasteiger partial charge in [0.15, 0.2) is 6.61 Å². The summed E-state index contributed by atoms with van der Waals surface area (Å²) in [6.07, 6.45) is -3.12. The fraction of sp³-hybridized carbons (Fsp3) is 0.429. The van der Waals surface area contributed by atoms with Crippen LogP contribution in [0.3, 0.4) is 0 Å². The molecule has 0 N–H and O–H groups in total. The van der Waals surface area contributed by atoms with Crippen molar-refractivity contribution in [1.82, 2.24) is 9.91 Å². The van der Waals surface area contributed by atoms with Gasteiger partial charge in [-0.25, -0.2) is 5.01 Å². The van der Waals surface area contributed by atoms with E-state index in [1.54, 1.807) is 52.9 Å². The topological polar surface area (TPSA) is 59.8 Å². The van der Waals surface area contributed by atoms with E-state index < -0.39 is 12.7 Å². The highest BCUT2D eigenvalue weighted by atomic mass is 32.2. The van der Waals surface area contributed by atoms with Crippen LogP contribution in [-0.2, 0) is 9.53 Å². The summed E-state index contributed by atoms with van der Waals surface area (Å²) in [4.78, 5) is 14.4. The van der Waals surface area contributed by atoms with Crippen molar-refractivity contribution in [2.45, 2.75) is 38.9 Å². The molecule has 0 spiro atoms. The number of anilines is 1. The van der Waals surface area contributed by atoms with Crippen LogP contribution in [0.1, 0.15) is 32.3 Å². The van der Waals surface area contributed by atoms with Gasteiger partial charge >= 0.3 is 6.18 Å². The zero-order chi connectivity index (χ0) is 27.3. The molecule has 1 amide bonds. The number of carbonyl (C=O) groups is 1. The predicted molar refractivity (Wildman–Crippen MR) is 143 cm³/mol. The second-order valence-electron chi connectivity index (χ2n) is 9.30. The third-order valence-electron chi connectivity index (χ3n) is 6.70. The fourth-order valence-corrected chi connectivity index (χ4v) is 5.80. The van der Waals surface area contributed by atoms with Crippen LogP contribution in [0.4, 0.5) is 18.9 Å². The van der Waals surface area contributed by atoms with E-state index in [0.29, 0.717) is 36.3 Å². The second kappa shape index (κ2) is 12.0. The van der Waals surface area contributed by atoms with Crippen molar-refractivity contribution in [3.8, 4) is 17.2 Å². The number of amides is 1. The third-order valence-corrected chi connectivity index (χ3v) is 7.65. The Morgan fingerprint density at radius 2 is 1.82 bits per heavy atom. The number of nitriles is 1. The summed E-state index contributed by atoms with van der Waals surface area (Å²) >= 11 is 1.77. The number of hydrogen-bond acceptors (Lipinski definition) is 6. The van der Waals surface area contributed by atoms with Gasteiger partial charge in [-0.3, -0.25) is 9.80 Å². The smallest absolute Gasteiger partial charge is 0.408 e. The molecule has 10 heteroatoms. The number of carbonyl (C=O) groups excluding carboxylic acids is 1. The monoisotopic (exact) mass is 544 g/mol. The minimum absolute atomic E-state index is 0.0828. The highest BCUT2D eigenvalue weighted by molar-refractivity contribution is 7.99. The van der Waals surface area contributed by atoms with E-state index >= 15 is 0 Å². The van der Waals surface area contributed by atoms with Crippen molar-refractivity contribution in [3.63, 3.8) is 0 Å². The number of alkyl halides is 3. The van der Waals surface area contributed by atoms with Crippen LogP contribution < -0.4 is 5.01 Å². The van der Waals surface area contributed by atoms with Gasteiger partial charge in [-0.05, 0) is 42.7 Å². The molecule has 4 rings (SSSR count). The summed E-state index contributed by atoms with van der Waals surface area (Å²) in [6.45, 7) is 3.44. The Kier molecular flexibility index (Phi) is 8.77. The number of rotatable bonds is 8. The quantitative estimate of drug-likeness (QED) is 0.418. The van der Waals surface area contributed by atoms with Crippen LogP contribution in [-0.4, -0.2) is 65.8 Å². The third kappa shape index (κ3) is 6.21. The van der Waals surface area contributed by atoms with E-state index in [2.05, 4.69) is 6.07 Å². The molecule has 2 heterocycles. The van der Waals surface area contributed by atoms with E-state index in [4.69, 9.17) is 4.74 Å². The van der Waals surface area contributed by atoms with Crippen molar-refractivity contribution in [2.24, 2.45) is 0 Å². The fourth-order valence-electron chi connectivity index (χ4n) is 4.89. The number of halogens is 3. The van der Waals surface area contributed by atoms with Crippen LogP contribution in [0.5, 0.6) is 0 Å².